The second kappa shape index (κ2) is 13.7. The van der Waals surface area contributed by atoms with Gasteiger partial charge in [0.2, 0.25) is 11.8 Å². The maximum Gasteiger partial charge on any atom is 0.243 e. The highest BCUT2D eigenvalue weighted by atomic mass is 79.9. The van der Waals surface area contributed by atoms with E-state index >= 15 is 0 Å². The van der Waals surface area contributed by atoms with E-state index in [0.29, 0.717) is 13.0 Å². The number of benzene rings is 3. The summed E-state index contributed by atoms with van der Waals surface area (Å²) in [6, 6.07) is 27.5. The number of hydrogen-bond donors (Lipinski definition) is 1. The SMILES string of the molecule is O=C(NC1CCCCC1)[C@@H](Cc1ccccc1)N(Cc1ccc(Br)cc1)C(=O)CSc1ccccc1. The van der Waals surface area contributed by atoms with Gasteiger partial charge in [-0.05, 0) is 48.2 Å². The molecule has 0 aliphatic heterocycles. The van der Waals surface area contributed by atoms with Crippen molar-refractivity contribution < 1.29 is 9.59 Å². The van der Waals surface area contributed by atoms with Crippen LogP contribution in [0.5, 0.6) is 0 Å². The minimum Gasteiger partial charge on any atom is -0.352 e. The maximum absolute atomic E-state index is 13.8. The van der Waals surface area contributed by atoms with E-state index in [2.05, 4.69) is 21.2 Å². The standard InChI is InChI=1S/C30H33BrN2O2S/c31-25-18-16-24(17-19-25)21-33(29(34)22-36-27-14-8-3-9-15-27)28(20-23-10-4-1-5-11-23)30(35)32-26-12-6-2-7-13-26/h1,3-5,8-11,14-19,26,28H,2,6-7,12-13,20-22H2,(H,32,35)/t28-/m1/s1. The molecule has 1 fully saturated rings. The molecule has 0 radical (unpaired) electrons. The number of nitrogens with zero attached hydrogens (tertiary/aromatic N) is 1. The summed E-state index contributed by atoms with van der Waals surface area (Å²) in [6.45, 7) is 0.386. The van der Waals surface area contributed by atoms with Crippen molar-refractivity contribution >= 4 is 39.5 Å². The molecule has 0 saturated heterocycles. The lowest BCUT2D eigenvalue weighted by atomic mass is 9.94. The molecule has 0 aromatic heterocycles. The zero-order valence-electron chi connectivity index (χ0n) is 20.4. The summed E-state index contributed by atoms with van der Waals surface area (Å²) in [6.07, 6.45) is 6.01. The first-order valence-electron chi connectivity index (χ1n) is 12.6. The molecule has 1 saturated carbocycles. The van der Waals surface area contributed by atoms with Crippen LogP contribution in [0.4, 0.5) is 0 Å². The predicted molar refractivity (Wildman–Crippen MR) is 151 cm³/mol. The van der Waals surface area contributed by atoms with Gasteiger partial charge in [-0.15, -0.1) is 11.8 Å². The van der Waals surface area contributed by atoms with E-state index in [-0.39, 0.29) is 23.6 Å². The molecule has 4 rings (SSSR count). The maximum atomic E-state index is 13.8. The minimum atomic E-state index is -0.582. The van der Waals surface area contributed by atoms with E-state index in [1.807, 2.05) is 84.9 Å². The fourth-order valence-electron chi connectivity index (χ4n) is 4.63. The van der Waals surface area contributed by atoms with Gasteiger partial charge in [-0.25, -0.2) is 0 Å². The number of carbonyl (C=O) groups is 2. The lowest BCUT2D eigenvalue weighted by Crippen LogP contribution is -2.53. The van der Waals surface area contributed by atoms with Gasteiger partial charge in [0, 0.05) is 28.4 Å². The highest BCUT2D eigenvalue weighted by molar-refractivity contribution is 9.10. The fourth-order valence-corrected chi connectivity index (χ4v) is 5.70. The van der Waals surface area contributed by atoms with Crippen LogP contribution in [-0.2, 0) is 22.6 Å². The molecule has 188 valence electrons. The summed E-state index contributed by atoms with van der Waals surface area (Å²) < 4.78 is 0.986. The molecular weight excluding hydrogens is 532 g/mol. The molecule has 1 atom stereocenters. The van der Waals surface area contributed by atoms with Crippen LogP contribution in [0, 0.1) is 0 Å². The molecular formula is C30H33BrN2O2S. The molecule has 1 aliphatic carbocycles. The highest BCUT2D eigenvalue weighted by Crippen LogP contribution is 2.23. The van der Waals surface area contributed by atoms with Gasteiger partial charge in [-0.3, -0.25) is 9.59 Å². The smallest absolute Gasteiger partial charge is 0.243 e. The van der Waals surface area contributed by atoms with Crippen molar-refractivity contribution in [2.24, 2.45) is 0 Å². The Morgan fingerprint density at radius 1 is 0.861 bits per heavy atom. The molecule has 0 unspecified atom stereocenters. The van der Waals surface area contributed by atoms with Crippen LogP contribution in [0.2, 0.25) is 0 Å². The summed E-state index contributed by atoms with van der Waals surface area (Å²) in [5.74, 6) is 0.190. The fraction of sp³-hybridized carbons (Fsp3) is 0.333. The van der Waals surface area contributed by atoms with E-state index in [1.165, 1.54) is 18.2 Å². The van der Waals surface area contributed by atoms with Gasteiger partial charge >= 0.3 is 0 Å². The van der Waals surface area contributed by atoms with Crippen LogP contribution in [0.25, 0.3) is 0 Å². The second-order valence-electron chi connectivity index (χ2n) is 9.30. The van der Waals surface area contributed by atoms with E-state index in [0.717, 1.165) is 46.2 Å². The van der Waals surface area contributed by atoms with Crippen molar-refractivity contribution in [3.63, 3.8) is 0 Å². The summed E-state index contributed by atoms with van der Waals surface area (Å²) in [4.78, 5) is 30.3. The third-order valence-corrected chi connectivity index (χ3v) is 8.12. The zero-order valence-corrected chi connectivity index (χ0v) is 22.8. The van der Waals surface area contributed by atoms with Gasteiger partial charge in [0.15, 0.2) is 0 Å². The summed E-state index contributed by atoms with van der Waals surface area (Å²) in [7, 11) is 0. The molecule has 2 amide bonds. The van der Waals surface area contributed by atoms with Gasteiger partial charge in [0.05, 0.1) is 5.75 Å². The molecule has 0 bridgehead atoms. The van der Waals surface area contributed by atoms with Crippen molar-refractivity contribution in [1.82, 2.24) is 10.2 Å². The van der Waals surface area contributed by atoms with Crippen molar-refractivity contribution in [3.8, 4) is 0 Å². The van der Waals surface area contributed by atoms with Crippen molar-refractivity contribution in [1.29, 1.82) is 0 Å². The molecule has 0 heterocycles. The lowest BCUT2D eigenvalue weighted by Gasteiger charge is -2.33. The molecule has 4 nitrogen and oxygen atoms in total. The number of thioether (sulfide) groups is 1. The number of rotatable bonds is 10. The summed E-state index contributed by atoms with van der Waals surface area (Å²) >= 11 is 5.01. The molecule has 36 heavy (non-hydrogen) atoms. The summed E-state index contributed by atoms with van der Waals surface area (Å²) in [5.41, 5.74) is 2.05. The average molecular weight is 566 g/mol. The first-order chi connectivity index (χ1) is 17.6. The Balaban J connectivity index is 1.60. The normalized spacial score (nSPS) is 14.7. The molecule has 6 heteroatoms. The number of amides is 2. The Kier molecular flexibility index (Phi) is 10.1. The van der Waals surface area contributed by atoms with Crippen LogP contribution in [0.3, 0.4) is 0 Å². The van der Waals surface area contributed by atoms with Gasteiger partial charge in [-0.1, -0.05) is 95.9 Å². The first kappa shape index (κ1) is 26.5. The first-order valence-corrected chi connectivity index (χ1v) is 14.4. The van der Waals surface area contributed by atoms with E-state index in [9.17, 15) is 9.59 Å². The van der Waals surface area contributed by atoms with E-state index < -0.39 is 6.04 Å². The van der Waals surface area contributed by atoms with E-state index in [1.54, 1.807) is 4.90 Å². The largest absolute Gasteiger partial charge is 0.352 e. The predicted octanol–water partition coefficient (Wildman–Crippen LogP) is 6.63. The minimum absolute atomic E-state index is 0.0357. The van der Waals surface area contributed by atoms with Crippen molar-refractivity contribution in [2.45, 2.75) is 62.0 Å². The lowest BCUT2D eigenvalue weighted by molar-refractivity contribution is -0.139. The quantitative estimate of drug-likeness (QED) is 0.281. The number of carbonyl (C=O) groups excluding carboxylic acids is 2. The second-order valence-corrected chi connectivity index (χ2v) is 11.3. The molecule has 3 aromatic rings. The third kappa shape index (κ3) is 7.97. The average Bonchev–Trinajstić information content (AvgIpc) is 2.92. The van der Waals surface area contributed by atoms with Crippen molar-refractivity contribution in [2.75, 3.05) is 5.75 Å². The third-order valence-electron chi connectivity index (χ3n) is 6.59. The summed E-state index contributed by atoms with van der Waals surface area (Å²) in [5, 5.41) is 3.30. The van der Waals surface area contributed by atoms with Crippen LogP contribution in [0.1, 0.15) is 43.2 Å². The number of halogens is 1. The number of nitrogens with one attached hydrogen (secondary N) is 1. The Bertz CT molecular complexity index is 1100. The zero-order chi connectivity index (χ0) is 25.2. The van der Waals surface area contributed by atoms with Crippen LogP contribution in [0.15, 0.2) is 94.3 Å². The van der Waals surface area contributed by atoms with Crippen LogP contribution < -0.4 is 5.32 Å². The Morgan fingerprint density at radius 2 is 1.50 bits per heavy atom. The Labute approximate surface area is 227 Å². The molecule has 3 aromatic carbocycles. The van der Waals surface area contributed by atoms with Gasteiger partial charge < -0.3 is 10.2 Å². The van der Waals surface area contributed by atoms with E-state index in [4.69, 9.17) is 0 Å². The monoisotopic (exact) mass is 564 g/mol. The topological polar surface area (TPSA) is 49.4 Å². The molecule has 0 spiro atoms. The Hall–Kier alpha value is -2.57. The van der Waals surface area contributed by atoms with Gasteiger partial charge in [-0.2, -0.15) is 0 Å². The van der Waals surface area contributed by atoms with Crippen LogP contribution >= 0.6 is 27.7 Å². The molecule has 1 aliphatic rings. The van der Waals surface area contributed by atoms with Crippen molar-refractivity contribution in [3.05, 3.63) is 101 Å². The Morgan fingerprint density at radius 3 is 2.17 bits per heavy atom. The number of hydrogen-bond acceptors (Lipinski definition) is 3. The van der Waals surface area contributed by atoms with Gasteiger partial charge in [0.1, 0.15) is 6.04 Å². The molecule has 1 N–H and O–H groups in total. The van der Waals surface area contributed by atoms with Gasteiger partial charge in [0.25, 0.3) is 0 Å². The highest BCUT2D eigenvalue weighted by Gasteiger charge is 2.31. The van der Waals surface area contributed by atoms with Crippen LogP contribution in [-0.4, -0.2) is 34.6 Å².